The second-order valence-corrected chi connectivity index (χ2v) is 5.74. The molecule has 0 spiro atoms. The van der Waals surface area contributed by atoms with E-state index in [-0.39, 0.29) is 6.03 Å². The second-order valence-electron chi connectivity index (χ2n) is 5.74. The molecule has 1 aromatic rings. The maximum atomic E-state index is 12.2. The van der Waals surface area contributed by atoms with E-state index in [4.69, 9.17) is 0 Å². The Hall–Kier alpha value is -2.03. The van der Waals surface area contributed by atoms with Crippen LogP contribution in [0.25, 0.3) is 5.57 Å². The van der Waals surface area contributed by atoms with E-state index in [1.807, 2.05) is 23.1 Å². The molecule has 1 heterocycles. The summed E-state index contributed by atoms with van der Waals surface area (Å²) < 4.78 is 0. The van der Waals surface area contributed by atoms with Crippen LogP contribution in [0.5, 0.6) is 0 Å². The molecule has 1 N–H and O–H groups in total. The third kappa shape index (κ3) is 3.54. The number of nitrogens with zero attached hydrogens (tertiary/aromatic N) is 1. The first-order valence-electron chi connectivity index (χ1n) is 7.78. The summed E-state index contributed by atoms with van der Waals surface area (Å²) >= 11 is 0. The minimum absolute atomic E-state index is 0.0451. The molecule has 2 amide bonds. The van der Waals surface area contributed by atoms with Gasteiger partial charge in [0.15, 0.2) is 0 Å². The zero-order valence-corrected chi connectivity index (χ0v) is 12.3. The minimum atomic E-state index is 0.0451. The number of carbonyl (C=O) groups excluding carboxylic acids is 1. The molecular weight excluding hydrogens is 260 g/mol. The van der Waals surface area contributed by atoms with Crippen LogP contribution in [-0.2, 0) is 0 Å². The van der Waals surface area contributed by atoms with E-state index in [0.29, 0.717) is 19.6 Å². The number of nitrogens with one attached hydrogen (secondary N) is 1. The molecule has 0 aromatic heterocycles. The number of benzene rings is 1. The van der Waals surface area contributed by atoms with Crippen molar-refractivity contribution in [3.05, 3.63) is 53.6 Å². The quantitative estimate of drug-likeness (QED) is 0.844. The van der Waals surface area contributed by atoms with Crippen molar-refractivity contribution in [3.63, 3.8) is 0 Å². The summed E-state index contributed by atoms with van der Waals surface area (Å²) in [6.45, 7) is 2.11. The Bertz CT molecular complexity index is 560. The van der Waals surface area contributed by atoms with Gasteiger partial charge in [-0.25, -0.2) is 4.79 Å². The number of hydrogen-bond acceptors (Lipinski definition) is 1. The van der Waals surface area contributed by atoms with Crippen LogP contribution in [0.1, 0.15) is 31.2 Å². The zero-order valence-electron chi connectivity index (χ0n) is 12.3. The van der Waals surface area contributed by atoms with E-state index in [0.717, 1.165) is 12.8 Å². The van der Waals surface area contributed by atoms with Crippen LogP contribution in [0.3, 0.4) is 0 Å². The van der Waals surface area contributed by atoms with Gasteiger partial charge in [0.2, 0.25) is 0 Å². The van der Waals surface area contributed by atoms with Crippen LogP contribution in [0.2, 0.25) is 0 Å². The molecule has 0 saturated carbocycles. The lowest BCUT2D eigenvalue weighted by Crippen LogP contribution is -2.39. The van der Waals surface area contributed by atoms with E-state index in [2.05, 4.69) is 29.6 Å². The average Bonchev–Trinajstić information content (AvgIpc) is 3.04. The van der Waals surface area contributed by atoms with Crippen molar-refractivity contribution in [1.82, 2.24) is 10.2 Å². The van der Waals surface area contributed by atoms with Crippen molar-refractivity contribution in [1.29, 1.82) is 0 Å². The fourth-order valence-electron chi connectivity index (χ4n) is 2.94. The lowest BCUT2D eigenvalue weighted by Gasteiger charge is -2.19. The van der Waals surface area contributed by atoms with E-state index in [9.17, 15) is 4.79 Å². The van der Waals surface area contributed by atoms with Gasteiger partial charge < -0.3 is 10.2 Å². The molecule has 3 heteroatoms. The van der Waals surface area contributed by atoms with Crippen molar-refractivity contribution in [3.8, 4) is 0 Å². The smallest absolute Gasteiger partial charge is 0.318 e. The molecule has 110 valence electrons. The van der Waals surface area contributed by atoms with Gasteiger partial charge in [-0.15, -0.1) is 0 Å². The summed E-state index contributed by atoms with van der Waals surface area (Å²) in [4.78, 5) is 14.1. The highest BCUT2D eigenvalue weighted by molar-refractivity contribution is 5.80. The topological polar surface area (TPSA) is 32.3 Å². The first-order chi connectivity index (χ1) is 10.3. The fraction of sp³-hybridized carbons (Fsp3) is 0.389. The van der Waals surface area contributed by atoms with Crippen molar-refractivity contribution in [2.24, 2.45) is 0 Å². The first-order valence-corrected chi connectivity index (χ1v) is 7.78. The molecule has 0 bridgehead atoms. The van der Waals surface area contributed by atoms with Crippen molar-refractivity contribution < 1.29 is 4.79 Å². The van der Waals surface area contributed by atoms with Gasteiger partial charge in [0.25, 0.3) is 0 Å². The number of hydrogen-bond donors (Lipinski definition) is 1. The normalized spacial score (nSPS) is 18.2. The van der Waals surface area contributed by atoms with Gasteiger partial charge in [0.1, 0.15) is 0 Å². The molecule has 3 rings (SSSR count). The van der Waals surface area contributed by atoms with Crippen molar-refractivity contribution in [2.75, 3.05) is 19.6 Å². The standard InChI is InChI=1S/C18H22N2O/c21-18(19-13-15-7-3-1-4-8-15)20-12-11-17(14-20)16-9-5-2-6-10-16/h2,5-7,9-11H,1,3-4,8,12-14H2,(H,19,21). The second kappa shape index (κ2) is 6.61. The van der Waals surface area contributed by atoms with Crippen molar-refractivity contribution in [2.45, 2.75) is 25.7 Å². The molecule has 0 saturated heterocycles. The lowest BCUT2D eigenvalue weighted by molar-refractivity contribution is 0.212. The molecule has 0 fully saturated rings. The Kier molecular flexibility index (Phi) is 4.39. The summed E-state index contributed by atoms with van der Waals surface area (Å²) in [7, 11) is 0. The molecule has 0 radical (unpaired) electrons. The van der Waals surface area contributed by atoms with Gasteiger partial charge in [-0.3, -0.25) is 0 Å². The average molecular weight is 282 g/mol. The van der Waals surface area contributed by atoms with E-state index >= 15 is 0 Å². The summed E-state index contributed by atoms with van der Waals surface area (Å²) in [5.74, 6) is 0. The molecule has 1 aliphatic heterocycles. The third-order valence-electron chi connectivity index (χ3n) is 4.20. The lowest BCUT2D eigenvalue weighted by atomic mass is 10.00. The summed E-state index contributed by atoms with van der Waals surface area (Å²) in [5, 5.41) is 3.05. The molecular formula is C18H22N2O. The van der Waals surface area contributed by atoms with Crippen LogP contribution in [0.4, 0.5) is 4.79 Å². The van der Waals surface area contributed by atoms with Gasteiger partial charge in [0.05, 0.1) is 0 Å². The molecule has 1 aromatic carbocycles. The van der Waals surface area contributed by atoms with E-state index < -0.39 is 0 Å². The number of amides is 2. The predicted molar refractivity (Wildman–Crippen MR) is 85.9 cm³/mol. The van der Waals surface area contributed by atoms with Gasteiger partial charge in [-0.05, 0) is 36.8 Å². The Balaban J connectivity index is 1.50. The largest absolute Gasteiger partial charge is 0.334 e. The van der Waals surface area contributed by atoms with Gasteiger partial charge in [-0.2, -0.15) is 0 Å². The maximum absolute atomic E-state index is 12.2. The third-order valence-corrected chi connectivity index (χ3v) is 4.20. The number of allylic oxidation sites excluding steroid dienone is 1. The van der Waals surface area contributed by atoms with Crippen LogP contribution in [-0.4, -0.2) is 30.6 Å². The van der Waals surface area contributed by atoms with E-state index in [1.165, 1.54) is 29.6 Å². The Morgan fingerprint density at radius 3 is 2.76 bits per heavy atom. The Morgan fingerprint density at radius 2 is 2.00 bits per heavy atom. The van der Waals surface area contributed by atoms with Gasteiger partial charge >= 0.3 is 6.03 Å². The highest BCUT2D eigenvalue weighted by atomic mass is 16.2. The summed E-state index contributed by atoms with van der Waals surface area (Å²) in [6, 6.07) is 10.3. The number of urea groups is 1. The van der Waals surface area contributed by atoms with Crippen LogP contribution >= 0.6 is 0 Å². The SMILES string of the molecule is O=C(NCC1=CCCCC1)N1CC=C(c2ccccc2)C1. The Labute approximate surface area is 126 Å². The molecule has 0 unspecified atom stereocenters. The summed E-state index contributed by atoms with van der Waals surface area (Å²) in [6.07, 6.45) is 9.26. The van der Waals surface area contributed by atoms with Gasteiger partial charge in [-0.1, -0.05) is 48.1 Å². The predicted octanol–water partition coefficient (Wildman–Crippen LogP) is 3.60. The maximum Gasteiger partial charge on any atom is 0.318 e. The molecule has 1 aliphatic carbocycles. The minimum Gasteiger partial charge on any atom is -0.334 e. The number of carbonyl (C=O) groups is 1. The molecule has 0 atom stereocenters. The highest BCUT2D eigenvalue weighted by Crippen LogP contribution is 2.21. The van der Waals surface area contributed by atoms with Crippen LogP contribution < -0.4 is 5.32 Å². The molecule has 3 nitrogen and oxygen atoms in total. The molecule has 2 aliphatic rings. The summed E-state index contributed by atoms with van der Waals surface area (Å²) in [5.41, 5.74) is 3.83. The Morgan fingerprint density at radius 1 is 1.14 bits per heavy atom. The zero-order chi connectivity index (χ0) is 14.5. The van der Waals surface area contributed by atoms with Crippen molar-refractivity contribution >= 4 is 11.6 Å². The van der Waals surface area contributed by atoms with Gasteiger partial charge in [0, 0.05) is 19.6 Å². The van der Waals surface area contributed by atoms with E-state index in [1.54, 1.807) is 0 Å². The van der Waals surface area contributed by atoms with Crippen LogP contribution in [0, 0.1) is 0 Å². The number of rotatable bonds is 3. The van der Waals surface area contributed by atoms with Crippen LogP contribution in [0.15, 0.2) is 48.1 Å². The molecule has 21 heavy (non-hydrogen) atoms. The highest BCUT2D eigenvalue weighted by Gasteiger charge is 2.20. The monoisotopic (exact) mass is 282 g/mol. The fourth-order valence-corrected chi connectivity index (χ4v) is 2.94. The first kappa shape index (κ1) is 13.9.